The standard InChI is InChI=1S/C15H24BrN3O2/c1-11(2)7-13(18(3)4)10-17-9-12-5-6-14(16)15(8-12)19(20)21/h5-6,8,11,13,17H,7,9-10H2,1-4H3. The SMILES string of the molecule is CC(C)CC(CNCc1ccc(Br)c([N+](=O)[O-])c1)N(C)C. The zero-order valence-corrected chi connectivity index (χ0v) is 14.7. The molecule has 1 unspecified atom stereocenters. The van der Waals surface area contributed by atoms with E-state index in [-0.39, 0.29) is 10.6 Å². The highest BCUT2D eigenvalue weighted by atomic mass is 79.9. The minimum atomic E-state index is -0.366. The number of benzene rings is 1. The lowest BCUT2D eigenvalue weighted by Gasteiger charge is -2.26. The summed E-state index contributed by atoms with van der Waals surface area (Å²) in [5.74, 6) is 0.646. The first kappa shape index (κ1) is 18.1. The molecular weight excluding hydrogens is 334 g/mol. The zero-order valence-electron chi connectivity index (χ0n) is 13.1. The molecule has 1 rings (SSSR count). The zero-order chi connectivity index (χ0) is 16.0. The topological polar surface area (TPSA) is 58.4 Å². The molecule has 0 bridgehead atoms. The number of likely N-dealkylation sites (N-methyl/N-ethyl adjacent to an activating group) is 1. The van der Waals surface area contributed by atoms with E-state index in [0.29, 0.717) is 23.0 Å². The summed E-state index contributed by atoms with van der Waals surface area (Å²) in [7, 11) is 4.17. The van der Waals surface area contributed by atoms with Crippen LogP contribution in [0.5, 0.6) is 0 Å². The van der Waals surface area contributed by atoms with E-state index in [1.54, 1.807) is 12.1 Å². The summed E-state index contributed by atoms with van der Waals surface area (Å²) in [6.45, 7) is 5.94. The van der Waals surface area contributed by atoms with Gasteiger partial charge < -0.3 is 10.2 Å². The lowest BCUT2D eigenvalue weighted by atomic mass is 10.0. The van der Waals surface area contributed by atoms with Crippen LogP contribution in [0.25, 0.3) is 0 Å². The Labute approximate surface area is 135 Å². The Kier molecular flexibility index (Phi) is 7.28. The molecule has 21 heavy (non-hydrogen) atoms. The van der Waals surface area contributed by atoms with E-state index in [1.165, 1.54) is 0 Å². The molecule has 0 aromatic heterocycles. The summed E-state index contributed by atoms with van der Waals surface area (Å²) >= 11 is 3.20. The monoisotopic (exact) mass is 357 g/mol. The van der Waals surface area contributed by atoms with Gasteiger partial charge in [-0.1, -0.05) is 19.9 Å². The van der Waals surface area contributed by atoms with E-state index < -0.39 is 0 Å². The lowest BCUT2D eigenvalue weighted by molar-refractivity contribution is -0.385. The summed E-state index contributed by atoms with van der Waals surface area (Å²) < 4.78 is 0.516. The van der Waals surface area contributed by atoms with Crippen LogP contribution in [0.3, 0.4) is 0 Å². The molecule has 118 valence electrons. The molecule has 1 atom stereocenters. The van der Waals surface area contributed by atoms with E-state index in [2.05, 4.69) is 54.1 Å². The van der Waals surface area contributed by atoms with Gasteiger partial charge in [0.05, 0.1) is 9.40 Å². The summed E-state index contributed by atoms with van der Waals surface area (Å²) in [6, 6.07) is 5.71. The van der Waals surface area contributed by atoms with Gasteiger partial charge in [0.15, 0.2) is 0 Å². The Morgan fingerprint density at radius 3 is 2.57 bits per heavy atom. The highest BCUT2D eigenvalue weighted by Crippen LogP contribution is 2.25. The minimum Gasteiger partial charge on any atom is -0.311 e. The van der Waals surface area contributed by atoms with Crippen molar-refractivity contribution in [3.05, 3.63) is 38.3 Å². The molecule has 1 aromatic carbocycles. The summed E-state index contributed by atoms with van der Waals surface area (Å²) in [5, 5.41) is 14.3. The molecule has 0 saturated heterocycles. The maximum Gasteiger partial charge on any atom is 0.283 e. The van der Waals surface area contributed by atoms with Crippen molar-refractivity contribution in [2.75, 3.05) is 20.6 Å². The van der Waals surface area contributed by atoms with Gasteiger partial charge in [-0.15, -0.1) is 0 Å². The van der Waals surface area contributed by atoms with Crippen LogP contribution in [0.1, 0.15) is 25.8 Å². The van der Waals surface area contributed by atoms with E-state index >= 15 is 0 Å². The number of rotatable bonds is 8. The maximum absolute atomic E-state index is 10.9. The molecular formula is C15H24BrN3O2. The van der Waals surface area contributed by atoms with Crippen LogP contribution in [0.2, 0.25) is 0 Å². The molecule has 0 spiro atoms. The molecule has 1 N–H and O–H groups in total. The van der Waals surface area contributed by atoms with E-state index in [4.69, 9.17) is 0 Å². The van der Waals surface area contributed by atoms with Gasteiger partial charge in [-0.3, -0.25) is 10.1 Å². The van der Waals surface area contributed by atoms with E-state index in [0.717, 1.165) is 18.5 Å². The minimum absolute atomic E-state index is 0.112. The number of nitro groups is 1. The van der Waals surface area contributed by atoms with Crippen LogP contribution >= 0.6 is 15.9 Å². The second kappa shape index (κ2) is 8.46. The third-order valence-electron chi connectivity index (χ3n) is 3.39. The van der Waals surface area contributed by atoms with Crippen molar-refractivity contribution in [3.63, 3.8) is 0 Å². The lowest BCUT2D eigenvalue weighted by Crippen LogP contribution is -2.38. The van der Waals surface area contributed by atoms with Crippen molar-refractivity contribution in [1.29, 1.82) is 0 Å². The molecule has 5 nitrogen and oxygen atoms in total. The van der Waals surface area contributed by atoms with E-state index in [1.807, 2.05) is 6.07 Å². The normalized spacial score (nSPS) is 12.9. The van der Waals surface area contributed by atoms with Crippen LogP contribution in [0.4, 0.5) is 5.69 Å². The number of nitrogens with zero attached hydrogens (tertiary/aromatic N) is 2. The summed E-state index contributed by atoms with van der Waals surface area (Å²) in [4.78, 5) is 12.8. The molecule has 0 aliphatic rings. The van der Waals surface area contributed by atoms with Gasteiger partial charge in [0.25, 0.3) is 5.69 Å². The highest BCUT2D eigenvalue weighted by molar-refractivity contribution is 9.10. The van der Waals surface area contributed by atoms with Crippen LogP contribution in [0.15, 0.2) is 22.7 Å². The second-order valence-corrected chi connectivity index (χ2v) is 6.78. The molecule has 0 heterocycles. The van der Waals surface area contributed by atoms with Crippen molar-refractivity contribution in [3.8, 4) is 0 Å². The Morgan fingerprint density at radius 2 is 2.05 bits per heavy atom. The summed E-state index contributed by atoms with van der Waals surface area (Å²) in [5.41, 5.74) is 1.03. The second-order valence-electron chi connectivity index (χ2n) is 5.92. The average Bonchev–Trinajstić information content (AvgIpc) is 2.38. The average molecular weight is 358 g/mol. The Morgan fingerprint density at radius 1 is 1.38 bits per heavy atom. The number of hydrogen-bond donors (Lipinski definition) is 1. The van der Waals surface area contributed by atoms with Crippen molar-refractivity contribution in [2.24, 2.45) is 5.92 Å². The molecule has 0 amide bonds. The molecule has 0 saturated carbocycles. The molecule has 0 fully saturated rings. The number of halogens is 1. The molecule has 1 aromatic rings. The van der Waals surface area contributed by atoms with Crippen LogP contribution in [-0.4, -0.2) is 36.5 Å². The van der Waals surface area contributed by atoms with Crippen molar-refractivity contribution >= 4 is 21.6 Å². The van der Waals surface area contributed by atoms with Gasteiger partial charge in [0, 0.05) is 25.2 Å². The fourth-order valence-electron chi connectivity index (χ4n) is 2.21. The highest BCUT2D eigenvalue weighted by Gasteiger charge is 2.14. The summed E-state index contributed by atoms with van der Waals surface area (Å²) in [6.07, 6.45) is 1.13. The first-order chi connectivity index (χ1) is 9.81. The molecule has 0 aliphatic carbocycles. The quantitative estimate of drug-likeness (QED) is 0.571. The Bertz CT molecular complexity index is 478. The predicted octanol–water partition coefficient (Wildman–Crippen LogP) is 3.42. The van der Waals surface area contributed by atoms with Crippen LogP contribution in [0, 0.1) is 16.0 Å². The van der Waals surface area contributed by atoms with Crippen LogP contribution < -0.4 is 5.32 Å². The Balaban J connectivity index is 2.59. The first-order valence-electron chi connectivity index (χ1n) is 7.11. The largest absolute Gasteiger partial charge is 0.311 e. The Hall–Kier alpha value is -0.980. The number of hydrogen-bond acceptors (Lipinski definition) is 4. The van der Waals surface area contributed by atoms with Crippen LogP contribution in [-0.2, 0) is 6.54 Å². The predicted molar refractivity (Wildman–Crippen MR) is 89.4 cm³/mol. The van der Waals surface area contributed by atoms with Crippen molar-refractivity contribution in [2.45, 2.75) is 32.9 Å². The number of nitro benzene ring substituents is 1. The third kappa shape index (κ3) is 6.11. The molecule has 0 aliphatic heterocycles. The fourth-order valence-corrected chi connectivity index (χ4v) is 2.60. The third-order valence-corrected chi connectivity index (χ3v) is 4.06. The fraction of sp³-hybridized carbons (Fsp3) is 0.600. The molecule has 6 heteroatoms. The van der Waals surface area contributed by atoms with Gasteiger partial charge in [-0.05, 0) is 54.0 Å². The smallest absolute Gasteiger partial charge is 0.283 e. The van der Waals surface area contributed by atoms with Gasteiger partial charge in [-0.25, -0.2) is 0 Å². The van der Waals surface area contributed by atoms with Gasteiger partial charge >= 0.3 is 0 Å². The maximum atomic E-state index is 10.9. The first-order valence-corrected chi connectivity index (χ1v) is 7.90. The van der Waals surface area contributed by atoms with Crippen molar-refractivity contribution < 1.29 is 4.92 Å². The number of nitrogens with one attached hydrogen (secondary N) is 1. The van der Waals surface area contributed by atoms with Gasteiger partial charge in [0.2, 0.25) is 0 Å². The van der Waals surface area contributed by atoms with Gasteiger partial charge in [0.1, 0.15) is 0 Å². The van der Waals surface area contributed by atoms with E-state index in [9.17, 15) is 10.1 Å². The van der Waals surface area contributed by atoms with Gasteiger partial charge in [-0.2, -0.15) is 0 Å². The molecule has 0 radical (unpaired) electrons. The van der Waals surface area contributed by atoms with Crippen molar-refractivity contribution in [1.82, 2.24) is 10.2 Å².